The van der Waals surface area contributed by atoms with Crippen molar-refractivity contribution in [3.63, 3.8) is 0 Å². The molecule has 0 aliphatic heterocycles. The molecule has 0 atom stereocenters. The molecule has 7 heteroatoms. The van der Waals surface area contributed by atoms with E-state index in [1.807, 2.05) is 0 Å². The van der Waals surface area contributed by atoms with E-state index in [4.69, 9.17) is 0 Å². The highest BCUT2D eigenvalue weighted by atomic mass is 32.1. The first-order valence-electron chi connectivity index (χ1n) is 6.82. The van der Waals surface area contributed by atoms with E-state index < -0.39 is 0 Å². The number of hydrogen-bond acceptors (Lipinski definition) is 5. The molecule has 0 spiro atoms. The highest BCUT2D eigenvalue weighted by Gasteiger charge is 2.04. The van der Waals surface area contributed by atoms with Gasteiger partial charge in [-0.15, -0.1) is 11.3 Å². The zero-order chi connectivity index (χ0) is 16.7. The molecule has 0 aliphatic rings. The third-order valence-corrected chi connectivity index (χ3v) is 3.78. The number of ether oxygens (including phenoxy) is 1. The summed E-state index contributed by atoms with van der Waals surface area (Å²) >= 11 is 1.41. The molecular weight excluding hydrogens is 319 g/mol. The first kappa shape index (κ1) is 16.8. The van der Waals surface area contributed by atoms with Crippen molar-refractivity contribution in [2.75, 3.05) is 13.7 Å². The summed E-state index contributed by atoms with van der Waals surface area (Å²) in [6.07, 6.45) is 3.05. The Labute approximate surface area is 136 Å². The van der Waals surface area contributed by atoms with E-state index in [0.29, 0.717) is 5.69 Å². The van der Waals surface area contributed by atoms with Gasteiger partial charge in [-0.3, -0.25) is 9.59 Å². The highest BCUT2D eigenvalue weighted by Crippen LogP contribution is 2.24. The lowest BCUT2D eigenvalue weighted by molar-refractivity contribution is -0.140. The number of esters is 1. The van der Waals surface area contributed by atoms with Crippen LogP contribution in [0.25, 0.3) is 16.6 Å². The Hall–Kier alpha value is -2.54. The molecule has 0 unspecified atom stereocenters. The maximum Gasteiger partial charge on any atom is 0.307 e. The standard InChI is InChI=1S/C16H15FN2O3S/c1-22-15(21)8-9-18-14(20)7-6-13-10-23-16(19-13)11-2-4-12(17)5-3-11/h2-7,10H,8-9H2,1H3,(H,18,20). The van der Waals surface area contributed by atoms with Crippen LogP contribution >= 0.6 is 11.3 Å². The van der Waals surface area contributed by atoms with E-state index >= 15 is 0 Å². The molecule has 1 aromatic carbocycles. The van der Waals surface area contributed by atoms with E-state index in [0.717, 1.165) is 10.6 Å². The van der Waals surface area contributed by atoms with Gasteiger partial charge in [-0.05, 0) is 30.3 Å². The molecule has 1 aromatic heterocycles. The number of thiazole rings is 1. The topological polar surface area (TPSA) is 68.3 Å². The van der Waals surface area contributed by atoms with Crippen LogP contribution in [0.15, 0.2) is 35.7 Å². The summed E-state index contributed by atoms with van der Waals surface area (Å²) in [4.78, 5) is 26.9. The first-order chi connectivity index (χ1) is 11.1. The molecule has 2 rings (SSSR count). The Bertz CT molecular complexity index is 710. The molecule has 0 saturated carbocycles. The maximum atomic E-state index is 12.9. The zero-order valence-electron chi connectivity index (χ0n) is 12.4. The van der Waals surface area contributed by atoms with Crippen LogP contribution < -0.4 is 5.32 Å². The van der Waals surface area contributed by atoms with Crippen molar-refractivity contribution in [2.45, 2.75) is 6.42 Å². The number of amides is 1. The Morgan fingerprint density at radius 2 is 2.09 bits per heavy atom. The molecule has 1 amide bonds. The van der Waals surface area contributed by atoms with Crippen LogP contribution in [0.5, 0.6) is 0 Å². The molecule has 0 aliphatic carbocycles. The minimum Gasteiger partial charge on any atom is -0.469 e. The van der Waals surface area contributed by atoms with Gasteiger partial charge in [0, 0.05) is 23.6 Å². The molecule has 1 heterocycles. The van der Waals surface area contributed by atoms with Gasteiger partial charge >= 0.3 is 5.97 Å². The molecular formula is C16H15FN2O3S. The van der Waals surface area contributed by atoms with Gasteiger partial charge in [0.25, 0.3) is 0 Å². The number of nitrogens with one attached hydrogen (secondary N) is 1. The number of rotatable bonds is 6. The highest BCUT2D eigenvalue weighted by molar-refractivity contribution is 7.13. The second kappa shape index (κ2) is 8.19. The summed E-state index contributed by atoms with van der Waals surface area (Å²) in [7, 11) is 1.30. The molecule has 0 bridgehead atoms. The van der Waals surface area contributed by atoms with Crippen LogP contribution in [0, 0.1) is 5.82 Å². The van der Waals surface area contributed by atoms with Crippen LogP contribution in [-0.2, 0) is 14.3 Å². The second-order valence-electron chi connectivity index (χ2n) is 4.53. The van der Waals surface area contributed by atoms with E-state index in [1.165, 1.54) is 36.7 Å². The molecule has 0 radical (unpaired) electrons. The number of halogens is 1. The van der Waals surface area contributed by atoms with E-state index in [1.54, 1.807) is 23.6 Å². The van der Waals surface area contributed by atoms with Gasteiger partial charge in [0.1, 0.15) is 10.8 Å². The average Bonchev–Trinajstić information content (AvgIpc) is 3.02. The molecule has 0 saturated heterocycles. The van der Waals surface area contributed by atoms with Gasteiger partial charge in [-0.1, -0.05) is 0 Å². The Balaban J connectivity index is 1.89. The van der Waals surface area contributed by atoms with Gasteiger partial charge in [-0.2, -0.15) is 0 Å². The quantitative estimate of drug-likeness (QED) is 0.651. The number of carbonyl (C=O) groups is 2. The molecule has 0 fully saturated rings. The number of methoxy groups -OCH3 is 1. The largest absolute Gasteiger partial charge is 0.469 e. The zero-order valence-corrected chi connectivity index (χ0v) is 13.2. The Kier molecular flexibility index (Phi) is 5.99. The van der Waals surface area contributed by atoms with Crippen molar-refractivity contribution in [1.82, 2.24) is 10.3 Å². The molecule has 2 aromatic rings. The van der Waals surface area contributed by atoms with Gasteiger partial charge in [-0.25, -0.2) is 9.37 Å². The summed E-state index contributed by atoms with van der Waals surface area (Å²) in [6, 6.07) is 6.06. The summed E-state index contributed by atoms with van der Waals surface area (Å²) < 4.78 is 17.4. The predicted molar refractivity (Wildman–Crippen MR) is 86.2 cm³/mol. The summed E-state index contributed by atoms with van der Waals surface area (Å²) in [6.45, 7) is 0.216. The minimum atomic E-state index is -0.377. The first-order valence-corrected chi connectivity index (χ1v) is 7.70. The number of carbonyl (C=O) groups excluding carboxylic acids is 2. The number of nitrogens with zero attached hydrogens (tertiary/aromatic N) is 1. The van der Waals surface area contributed by atoms with Crippen molar-refractivity contribution in [1.29, 1.82) is 0 Å². The van der Waals surface area contributed by atoms with Crippen LogP contribution in [0.3, 0.4) is 0 Å². The summed E-state index contributed by atoms with van der Waals surface area (Å²) in [5, 5.41) is 5.12. The molecule has 23 heavy (non-hydrogen) atoms. The van der Waals surface area contributed by atoms with E-state index in [-0.39, 0.29) is 30.7 Å². The number of benzene rings is 1. The van der Waals surface area contributed by atoms with E-state index in [9.17, 15) is 14.0 Å². The lowest BCUT2D eigenvalue weighted by Crippen LogP contribution is -2.24. The average molecular weight is 334 g/mol. The fourth-order valence-electron chi connectivity index (χ4n) is 1.70. The van der Waals surface area contributed by atoms with Crippen molar-refractivity contribution in [2.24, 2.45) is 0 Å². The van der Waals surface area contributed by atoms with Crippen molar-refractivity contribution >= 4 is 29.3 Å². The van der Waals surface area contributed by atoms with Gasteiger partial charge in [0.2, 0.25) is 5.91 Å². The number of aromatic nitrogens is 1. The normalized spacial score (nSPS) is 10.7. The molecule has 1 N–H and O–H groups in total. The predicted octanol–water partition coefficient (Wildman–Crippen LogP) is 2.64. The van der Waals surface area contributed by atoms with Gasteiger partial charge < -0.3 is 10.1 Å². The molecule has 120 valence electrons. The van der Waals surface area contributed by atoms with Crippen molar-refractivity contribution in [3.8, 4) is 10.6 Å². The molecule has 5 nitrogen and oxygen atoms in total. The maximum absolute atomic E-state index is 12.9. The SMILES string of the molecule is COC(=O)CCNC(=O)C=Cc1csc(-c2ccc(F)cc2)n1. The van der Waals surface area contributed by atoms with E-state index in [2.05, 4.69) is 15.0 Å². The van der Waals surface area contributed by atoms with Crippen molar-refractivity contribution in [3.05, 3.63) is 47.2 Å². The van der Waals surface area contributed by atoms with Crippen molar-refractivity contribution < 1.29 is 18.7 Å². The van der Waals surface area contributed by atoms with Gasteiger partial charge in [0.05, 0.1) is 19.2 Å². The monoisotopic (exact) mass is 334 g/mol. The third kappa shape index (κ3) is 5.30. The van der Waals surface area contributed by atoms with Crippen LogP contribution in [0.2, 0.25) is 0 Å². The Morgan fingerprint density at radius 1 is 1.35 bits per heavy atom. The fraction of sp³-hybridized carbons (Fsp3) is 0.188. The number of hydrogen-bond donors (Lipinski definition) is 1. The fourth-order valence-corrected chi connectivity index (χ4v) is 2.49. The lowest BCUT2D eigenvalue weighted by Gasteiger charge is -2.00. The van der Waals surface area contributed by atoms with Gasteiger partial charge in [0.15, 0.2) is 0 Å². The van der Waals surface area contributed by atoms with Crippen LogP contribution in [-0.4, -0.2) is 30.5 Å². The minimum absolute atomic E-state index is 0.126. The van der Waals surface area contributed by atoms with Crippen LogP contribution in [0.1, 0.15) is 12.1 Å². The smallest absolute Gasteiger partial charge is 0.307 e. The summed E-state index contributed by atoms with van der Waals surface area (Å²) in [5.41, 5.74) is 1.45. The summed E-state index contributed by atoms with van der Waals surface area (Å²) in [5.74, 6) is -0.989. The van der Waals surface area contributed by atoms with Crippen LogP contribution in [0.4, 0.5) is 4.39 Å². The third-order valence-electron chi connectivity index (χ3n) is 2.87. The lowest BCUT2D eigenvalue weighted by atomic mass is 10.2. The Morgan fingerprint density at radius 3 is 2.78 bits per heavy atom. The second-order valence-corrected chi connectivity index (χ2v) is 5.39.